The number of nitrogens with one attached hydrogen (secondary N) is 3. The molecule has 3 aromatic rings. The fourth-order valence-corrected chi connectivity index (χ4v) is 3.58. The third-order valence-corrected chi connectivity index (χ3v) is 4.96. The molecule has 4 rings (SSSR count). The Labute approximate surface area is 153 Å². The highest BCUT2D eigenvalue weighted by molar-refractivity contribution is 7.71. The molecule has 1 amide bonds. The number of aromatic amines is 2. The summed E-state index contributed by atoms with van der Waals surface area (Å²) in [6, 6.07) is 3.34. The standard InChI is InChI=1S/C17H16ClFN4OS/c18-10-5-12-9(7-21-15(12)13(19)6-10)3-4-20-16(24)14-8-22-17(25)23(14)11-1-2-11/h5-8,11,21H,1-4H2,(H,20,24)(H,22,25). The number of amides is 1. The number of carbonyl (C=O) groups is 1. The van der Waals surface area contributed by atoms with Gasteiger partial charge in [-0.25, -0.2) is 4.39 Å². The molecule has 130 valence electrons. The number of aromatic nitrogens is 3. The monoisotopic (exact) mass is 378 g/mol. The number of hydrogen-bond donors (Lipinski definition) is 3. The lowest BCUT2D eigenvalue weighted by Crippen LogP contribution is -2.27. The van der Waals surface area contributed by atoms with Crippen LogP contribution < -0.4 is 5.32 Å². The summed E-state index contributed by atoms with van der Waals surface area (Å²) in [7, 11) is 0. The van der Waals surface area contributed by atoms with E-state index in [1.165, 1.54) is 6.07 Å². The first-order valence-electron chi connectivity index (χ1n) is 8.07. The van der Waals surface area contributed by atoms with Gasteiger partial charge in [0, 0.05) is 35.4 Å². The largest absolute Gasteiger partial charge is 0.359 e. The molecule has 0 aliphatic heterocycles. The second kappa shape index (κ2) is 6.31. The lowest BCUT2D eigenvalue weighted by Gasteiger charge is -2.08. The Morgan fingerprint density at radius 1 is 1.36 bits per heavy atom. The first-order chi connectivity index (χ1) is 12.0. The maximum Gasteiger partial charge on any atom is 0.269 e. The molecule has 0 saturated heterocycles. The van der Waals surface area contributed by atoms with Crippen molar-refractivity contribution in [1.29, 1.82) is 0 Å². The molecule has 1 fully saturated rings. The quantitative estimate of drug-likeness (QED) is 0.584. The van der Waals surface area contributed by atoms with Gasteiger partial charge >= 0.3 is 0 Å². The van der Waals surface area contributed by atoms with Gasteiger partial charge in [-0.3, -0.25) is 4.79 Å². The summed E-state index contributed by atoms with van der Waals surface area (Å²) in [4.78, 5) is 18.3. The number of hydrogen-bond acceptors (Lipinski definition) is 2. The second-order valence-electron chi connectivity index (χ2n) is 6.21. The van der Waals surface area contributed by atoms with Crippen LogP contribution in [0.4, 0.5) is 4.39 Å². The minimum atomic E-state index is -0.381. The molecule has 2 heterocycles. The topological polar surface area (TPSA) is 65.6 Å². The van der Waals surface area contributed by atoms with E-state index in [9.17, 15) is 9.18 Å². The Morgan fingerprint density at radius 3 is 2.92 bits per heavy atom. The zero-order chi connectivity index (χ0) is 17.6. The molecule has 0 radical (unpaired) electrons. The first kappa shape index (κ1) is 16.4. The fourth-order valence-electron chi connectivity index (χ4n) is 3.07. The number of rotatable bonds is 5. The summed E-state index contributed by atoms with van der Waals surface area (Å²) in [6.07, 6.45) is 6.07. The minimum absolute atomic E-state index is 0.164. The number of H-pyrrole nitrogens is 2. The number of imidazole rings is 1. The van der Waals surface area contributed by atoms with Crippen LogP contribution in [-0.4, -0.2) is 27.0 Å². The number of halogens is 2. The molecule has 25 heavy (non-hydrogen) atoms. The van der Waals surface area contributed by atoms with Crippen molar-refractivity contribution in [2.45, 2.75) is 25.3 Å². The van der Waals surface area contributed by atoms with Crippen LogP contribution in [0.5, 0.6) is 0 Å². The van der Waals surface area contributed by atoms with Gasteiger partial charge in [-0.1, -0.05) is 11.6 Å². The van der Waals surface area contributed by atoms with Crippen LogP contribution in [0, 0.1) is 10.6 Å². The summed E-state index contributed by atoms with van der Waals surface area (Å²) in [6.45, 7) is 0.433. The van der Waals surface area contributed by atoms with Gasteiger partial charge in [-0.15, -0.1) is 0 Å². The molecule has 0 bridgehead atoms. The van der Waals surface area contributed by atoms with E-state index in [1.54, 1.807) is 18.5 Å². The van der Waals surface area contributed by atoms with Crippen molar-refractivity contribution in [3.8, 4) is 0 Å². The zero-order valence-electron chi connectivity index (χ0n) is 13.2. The highest BCUT2D eigenvalue weighted by Gasteiger charge is 2.28. The van der Waals surface area contributed by atoms with Gasteiger partial charge in [-0.05, 0) is 49.2 Å². The lowest BCUT2D eigenvalue weighted by molar-refractivity contribution is 0.0944. The molecule has 1 aromatic carbocycles. The molecular formula is C17H16ClFN4OS. The second-order valence-corrected chi connectivity index (χ2v) is 7.03. The van der Waals surface area contributed by atoms with Crippen LogP contribution in [0.15, 0.2) is 24.5 Å². The number of fused-ring (bicyclic) bond motifs is 1. The molecule has 5 nitrogen and oxygen atoms in total. The predicted octanol–water partition coefficient (Wildman–Crippen LogP) is 4.13. The highest BCUT2D eigenvalue weighted by atomic mass is 35.5. The van der Waals surface area contributed by atoms with Gasteiger partial charge in [0.2, 0.25) is 0 Å². The van der Waals surface area contributed by atoms with Gasteiger partial charge in [-0.2, -0.15) is 0 Å². The van der Waals surface area contributed by atoms with E-state index in [1.807, 2.05) is 4.57 Å². The summed E-state index contributed by atoms with van der Waals surface area (Å²) in [5.74, 6) is -0.545. The van der Waals surface area contributed by atoms with Gasteiger partial charge < -0.3 is 19.9 Å². The average molecular weight is 379 g/mol. The number of benzene rings is 1. The molecule has 8 heteroatoms. The summed E-state index contributed by atoms with van der Waals surface area (Å²) in [5, 5.41) is 3.99. The molecule has 1 aliphatic carbocycles. The van der Waals surface area contributed by atoms with Crippen molar-refractivity contribution >= 4 is 40.6 Å². The SMILES string of the molecule is O=C(NCCc1c[nH]c2c(F)cc(Cl)cc12)c1c[nH]c(=S)n1C1CC1. The van der Waals surface area contributed by atoms with Crippen molar-refractivity contribution in [2.24, 2.45) is 0 Å². The molecule has 1 aliphatic rings. The van der Waals surface area contributed by atoms with E-state index < -0.39 is 0 Å². The first-order valence-corrected chi connectivity index (χ1v) is 8.86. The Bertz CT molecular complexity index is 1020. The van der Waals surface area contributed by atoms with Gasteiger partial charge in [0.25, 0.3) is 5.91 Å². The van der Waals surface area contributed by atoms with Gasteiger partial charge in [0.1, 0.15) is 11.5 Å². The number of nitrogens with zero attached hydrogens (tertiary/aromatic N) is 1. The Balaban J connectivity index is 1.46. The van der Waals surface area contributed by atoms with E-state index in [0.717, 1.165) is 23.8 Å². The van der Waals surface area contributed by atoms with Crippen LogP contribution in [0.2, 0.25) is 5.02 Å². The third kappa shape index (κ3) is 3.09. The van der Waals surface area contributed by atoms with E-state index in [2.05, 4.69) is 15.3 Å². The molecule has 0 spiro atoms. The van der Waals surface area contributed by atoms with E-state index in [4.69, 9.17) is 23.8 Å². The van der Waals surface area contributed by atoms with Crippen molar-refractivity contribution in [2.75, 3.05) is 6.54 Å². The summed E-state index contributed by atoms with van der Waals surface area (Å²) >= 11 is 11.2. The molecule has 0 atom stereocenters. The Kier molecular flexibility index (Phi) is 4.13. The van der Waals surface area contributed by atoms with Gasteiger partial charge in [0.05, 0.1) is 5.52 Å². The van der Waals surface area contributed by atoms with Crippen LogP contribution in [0.3, 0.4) is 0 Å². The Hall–Kier alpha value is -2.12. The minimum Gasteiger partial charge on any atom is -0.359 e. The normalized spacial score (nSPS) is 14.2. The summed E-state index contributed by atoms with van der Waals surface area (Å²) in [5.41, 5.74) is 1.89. The van der Waals surface area contributed by atoms with Crippen LogP contribution in [0.25, 0.3) is 10.9 Å². The molecule has 0 unspecified atom stereocenters. The molecule has 3 N–H and O–H groups in total. The lowest BCUT2D eigenvalue weighted by atomic mass is 10.1. The van der Waals surface area contributed by atoms with E-state index >= 15 is 0 Å². The zero-order valence-corrected chi connectivity index (χ0v) is 14.8. The van der Waals surface area contributed by atoms with Crippen LogP contribution in [-0.2, 0) is 6.42 Å². The van der Waals surface area contributed by atoms with Crippen molar-refractivity contribution in [3.63, 3.8) is 0 Å². The van der Waals surface area contributed by atoms with Crippen molar-refractivity contribution in [1.82, 2.24) is 19.9 Å². The van der Waals surface area contributed by atoms with Crippen LogP contribution in [0.1, 0.15) is 34.9 Å². The maximum absolute atomic E-state index is 13.9. The third-order valence-electron chi connectivity index (χ3n) is 4.43. The smallest absolute Gasteiger partial charge is 0.269 e. The summed E-state index contributed by atoms with van der Waals surface area (Å²) < 4.78 is 16.3. The van der Waals surface area contributed by atoms with Crippen molar-refractivity contribution in [3.05, 3.63) is 51.4 Å². The van der Waals surface area contributed by atoms with E-state index in [-0.39, 0.29) is 11.7 Å². The maximum atomic E-state index is 13.9. The van der Waals surface area contributed by atoms with Crippen molar-refractivity contribution < 1.29 is 9.18 Å². The highest BCUT2D eigenvalue weighted by Crippen LogP contribution is 2.36. The molecule has 1 saturated carbocycles. The molecular weight excluding hydrogens is 363 g/mol. The van der Waals surface area contributed by atoms with Crippen LogP contribution >= 0.6 is 23.8 Å². The van der Waals surface area contributed by atoms with Gasteiger partial charge in [0.15, 0.2) is 4.77 Å². The molecule has 2 aromatic heterocycles. The van der Waals surface area contributed by atoms with E-state index in [0.29, 0.717) is 40.0 Å². The average Bonchev–Trinajstić information content (AvgIpc) is 3.21. The fraction of sp³-hybridized carbons (Fsp3) is 0.294. The predicted molar refractivity (Wildman–Crippen MR) is 97.2 cm³/mol. The number of carbonyl (C=O) groups excluding carboxylic acids is 1. The Morgan fingerprint density at radius 2 is 2.16 bits per heavy atom.